The summed E-state index contributed by atoms with van der Waals surface area (Å²) in [5.41, 5.74) is 0.791. The van der Waals surface area contributed by atoms with Gasteiger partial charge in [0, 0.05) is 18.4 Å². The van der Waals surface area contributed by atoms with E-state index >= 15 is 0 Å². The maximum atomic E-state index is 9.51. The first-order valence-electron chi connectivity index (χ1n) is 8.06. The van der Waals surface area contributed by atoms with Crippen LogP contribution >= 0.6 is 0 Å². The second kappa shape index (κ2) is 6.60. The molecule has 0 saturated carbocycles. The molecule has 25 heavy (non-hydrogen) atoms. The van der Waals surface area contributed by atoms with Crippen molar-refractivity contribution in [2.45, 2.75) is 39.3 Å². The second-order valence-corrected chi connectivity index (χ2v) is 6.70. The molecule has 0 atom stereocenters. The van der Waals surface area contributed by atoms with Gasteiger partial charge in [-0.2, -0.15) is 9.97 Å². The molecule has 0 spiro atoms. The Morgan fingerprint density at radius 3 is 2.64 bits per heavy atom. The number of rotatable bonds is 6. The molecule has 3 N–H and O–H groups in total. The molecule has 0 unspecified atom stereocenters. The quantitative estimate of drug-likeness (QED) is 0.624. The summed E-state index contributed by atoms with van der Waals surface area (Å²) >= 11 is 0. The number of hydrogen-bond donors (Lipinski definition) is 3. The zero-order chi connectivity index (χ0) is 18.0. The van der Waals surface area contributed by atoms with Gasteiger partial charge in [0.2, 0.25) is 5.95 Å². The van der Waals surface area contributed by atoms with Crippen molar-refractivity contribution in [3.8, 4) is 0 Å². The van der Waals surface area contributed by atoms with Crippen molar-refractivity contribution in [3.63, 3.8) is 0 Å². The number of hydrogen-bond acceptors (Lipinski definition) is 8. The highest BCUT2D eigenvalue weighted by molar-refractivity contribution is 5.86. The number of fused-ring (bicyclic) bond motifs is 1. The lowest BCUT2D eigenvalue weighted by molar-refractivity contribution is 0.233. The molecule has 9 heteroatoms. The molecule has 0 fully saturated rings. The summed E-state index contributed by atoms with van der Waals surface area (Å²) in [6.45, 7) is 7.81. The summed E-state index contributed by atoms with van der Waals surface area (Å²) in [5.74, 6) is 1.50. The van der Waals surface area contributed by atoms with Crippen LogP contribution in [-0.2, 0) is 0 Å². The fraction of sp³-hybridized carbons (Fsp3) is 0.438. The molecule has 0 aliphatic heterocycles. The number of aliphatic hydroxyl groups excluding tert-OH is 1. The number of nitrogens with zero attached hydrogens (tertiary/aromatic N) is 6. The predicted octanol–water partition coefficient (Wildman–Crippen LogP) is 2.12. The third-order valence-corrected chi connectivity index (χ3v) is 3.63. The third-order valence-electron chi connectivity index (χ3n) is 3.63. The minimum atomic E-state index is -0.555. The fourth-order valence-electron chi connectivity index (χ4n) is 2.26. The standard InChI is InChI=1S/C16H22N8O/c1-10(2)24-9-19-12-13(20-11-7-17-5-6-18-11)21-15(22-14(12)24)23-16(3,4)8-25/h5-7,9-10,25H,8H2,1-4H3,(H2,18,20,21,22,23). The average molecular weight is 342 g/mol. The molecule has 0 aliphatic carbocycles. The van der Waals surface area contributed by atoms with E-state index in [2.05, 4.69) is 49.4 Å². The first-order valence-corrected chi connectivity index (χ1v) is 8.06. The van der Waals surface area contributed by atoms with Crippen molar-refractivity contribution in [1.29, 1.82) is 0 Å². The maximum absolute atomic E-state index is 9.51. The van der Waals surface area contributed by atoms with E-state index in [1.807, 2.05) is 18.4 Å². The average Bonchev–Trinajstić information content (AvgIpc) is 3.00. The van der Waals surface area contributed by atoms with Gasteiger partial charge in [0.1, 0.15) is 5.82 Å². The molecule has 0 amide bonds. The summed E-state index contributed by atoms with van der Waals surface area (Å²) in [6, 6.07) is 0.197. The van der Waals surface area contributed by atoms with Crippen molar-refractivity contribution in [2.24, 2.45) is 0 Å². The summed E-state index contributed by atoms with van der Waals surface area (Å²) < 4.78 is 1.97. The van der Waals surface area contributed by atoms with E-state index in [-0.39, 0.29) is 12.6 Å². The van der Waals surface area contributed by atoms with Gasteiger partial charge in [-0.1, -0.05) is 0 Å². The lowest BCUT2D eigenvalue weighted by atomic mass is 10.1. The molecule has 0 saturated heterocycles. The van der Waals surface area contributed by atoms with Crippen molar-refractivity contribution in [2.75, 3.05) is 17.2 Å². The molecule has 0 radical (unpaired) electrons. The number of aliphatic hydroxyl groups is 1. The van der Waals surface area contributed by atoms with Gasteiger partial charge in [-0.25, -0.2) is 9.97 Å². The Labute approximate surface area is 145 Å². The number of imidazole rings is 1. The Morgan fingerprint density at radius 2 is 2.00 bits per heavy atom. The van der Waals surface area contributed by atoms with E-state index in [4.69, 9.17) is 0 Å². The van der Waals surface area contributed by atoms with E-state index < -0.39 is 5.54 Å². The normalized spacial score (nSPS) is 11.9. The Morgan fingerprint density at radius 1 is 1.20 bits per heavy atom. The van der Waals surface area contributed by atoms with Crippen LogP contribution in [0.3, 0.4) is 0 Å². The lowest BCUT2D eigenvalue weighted by Gasteiger charge is -2.23. The molecule has 132 valence electrons. The molecule has 0 aliphatic rings. The third kappa shape index (κ3) is 3.66. The molecular formula is C16H22N8O. The van der Waals surface area contributed by atoms with E-state index in [1.54, 1.807) is 24.9 Å². The first-order chi connectivity index (χ1) is 11.9. The van der Waals surface area contributed by atoms with Crippen LogP contribution in [0.25, 0.3) is 11.2 Å². The zero-order valence-electron chi connectivity index (χ0n) is 14.7. The van der Waals surface area contributed by atoms with Gasteiger partial charge in [-0.05, 0) is 27.7 Å². The highest BCUT2D eigenvalue weighted by Crippen LogP contribution is 2.26. The van der Waals surface area contributed by atoms with E-state index in [0.717, 1.165) is 0 Å². The number of anilines is 3. The topological polar surface area (TPSA) is 114 Å². The van der Waals surface area contributed by atoms with Crippen LogP contribution in [0.5, 0.6) is 0 Å². The summed E-state index contributed by atoms with van der Waals surface area (Å²) in [4.78, 5) is 21.8. The maximum Gasteiger partial charge on any atom is 0.227 e. The van der Waals surface area contributed by atoms with Gasteiger partial charge >= 0.3 is 0 Å². The molecule has 0 bridgehead atoms. The van der Waals surface area contributed by atoms with Crippen LogP contribution in [0, 0.1) is 0 Å². The lowest BCUT2D eigenvalue weighted by Crippen LogP contribution is -2.35. The van der Waals surface area contributed by atoms with Gasteiger partial charge in [-0.15, -0.1) is 0 Å². The highest BCUT2D eigenvalue weighted by Gasteiger charge is 2.21. The van der Waals surface area contributed by atoms with Gasteiger partial charge in [0.15, 0.2) is 17.0 Å². The molecule has 0 aromatic carbocycles. The Balaban J connectivity index is 2.10. The molecule has 3 rings (SSSR count). The summed E-state index contributed by atoms with van der Waals surface area (Å²) in [6.07, 6.45) is 6.55. The smallest absolute Gasteiger partial charge is 0.227 e. The predicted molar refractivity (Wildman–Crippen MR) is 95.8 cm³/mol. The van der Waals surface area contributed by atoms with Gasteiger partial charge in [-0.3, -0.25) is 4.98 Å². The minimum absolute atomic E-state index is 0.0508. The number of aromatic nitrogens is 6. The van der Waals surface area contributed by atoms with Crippen molar-refractivity contribution >= 4 is 28.7 Å². The van der Waals surface area contributed by atoms with Crippen LogP contribution < -0.4 is 10.6 Å². The zero-order valence-corrected chi connectivity index (χ0v) is 14.7. The largest absolute Gasteiger partial charge is 0.394 e. The van der Waals surface area contributed by atoms with Crippen LogP contribution in [0.4, 0.5) is 17.6 Å². The molecule has 3 aromatic heterocycles. The van der Waals surface area contributed by atoms with Crippen LogP contribution in [0.15, 0.2) is 24.9 Å². The second-order valence-electron chi connectivity index (χ2n) is 6.70. The van der Waals surface area contributed by atoms with Crippen molar-refractivity contribution < 1.29 is 5.11 Å². The Kier molecular flexibility index (Phi) is 4.49. The molecular weight excluding hydrogens is 320 g/mol. The van der Waals surface area contributed by atoms with E-state index in [9.17, 15) is 5.11 Å². The highest BCUT2D eigenvalue weighted by atomic mass is 16.3. The molecule has 9 nitrogen and oxygen atoms in total. The molecule has 3 heterocycles. The number of nitrogens with one attached hydrogen (secondary N) is 2. The van der Waals surface area contributed by atoms with Gasteiger partial charge in [0.25, 0.3) is 0 Å². The van der Waals surface area contributed by atoms with Gasteiger partial charge in [0.05, 0.1) is 24.7 Å². The fourth-order valence-corrected chi connectivity index (χ4v) is 2.26. The van der Waals surface area contributed by atoms with Gasteiger partial charge < -0.3 is 20.3 Å². The van der Waals surface area contributed by atoms with Crippen LogP contribution in [0.2, 0.25) is 0 Å². The van der Waals surface area contributed by atoms with Crippen LogP contribution in [-0.4, -0.2) is 46.7 Å². The van der Waals surface area contributed by atoms with Crippen LogP contribution in [0.1, 0.15) is 33.7 Å². The SMILES string of the molecule is CC(C)n1cnc2c(Nc3cnccn3)nc(NC(C)(C)CO)nc21. The first kappa shape index (κ1) is 17.0. The Bertz CT molecular complexity index is 859. The summed E-state index contributed by atoms with van der Waals surface area (Å²) in [5, 5.41) is 15.8. The molecule has 3 aromatic rings. The van der Waals surface area contributed by atoms with E-state index in [0.29, 0.717) is 28.7 Å². The summed E-state index contributed by atoms with van der Waals surface area (Å²) in [7, 11) is 0. The van der Waals surface area contributed by atoms with Crippen molar-refractivity contribution in [3.05, 3.63) is 24.9 Å². The van der Waals surface area contributed by atoms with E-state index in [1.165, 1.54) is 0 Å². The monoisotopic (exact) mass is 342 g/mol. The van der Waals surface area contributed by atoms with Crippen molar-refractivity contribution in [1.82, 2.24) is 29.5 Å². The minimum Gasteiger partial charge on any atom is -0.394 e. The Hall–Kier alpha value is -2.81.